The number of hydrogen-bond acceptors (Lipinski definition) is 1. The smallest absolute Gasteiger partial charge is 0.220 e. The quantitative estimate of drug-likeness (QED) is 0.751. The van der Waals surface area contributed by atoms with Gasteiger partial charge in [0.1, 0.15) is 0 Å². The van der Waals surface area contributed by atoms with Crippen molar-refractivity contribution in [3.8, 4) is 0 Å². The molecule has 25 heavy (non-hydrogen) atoms. The number of carbonyl (C=O) groups excluding carboxylic acids is 1. The molecule has 2 nitrogen and oxygen atoms in total. The van der Waals surface area contributed by atoms with E-state index in [1.165, 1.54) is 16.7 Å². The molecule has 0 spiro atoms. The highest BCUT2D eigenvalue weighted by atomic mass is 16.1. The molecule has 2 aromatic rings. The van der Waals surface area contributed by atoms with Crippen molar-refractivity contribution in [3.63, 3.8) is 0 Å². The summed E-state index contributed by atoms with van der Waals surface area (Å²) in [6.45, 7) is 10.2. The van der Waals surface area contributed by atoms with E-state index in [9.17, 15) is 4.79 Å². The Kier molecular flexibility index (Phi) is 8.69. The van der Waals surface area contributed by atoms with E-state index in [1.807, 2.05) is 45.0 Å². The summed E-state index contributed by atoms with van der Waals surface area (Å²) in [5.41, 5.74) is 3.70. The molecule has 2 heteroatoms. The van der Waals surface area contributed by atoms with E-state index in [2.05, 4.69) is 61.6 Å². The molecule has 2 aromatic carbocycles. The Labute approximate surface area is 153 Å². The number of allylic oxidation sites excluding steroid dienone is 1. The third-order valence-corrected chi connectivity index (χ3v) is 3.54. The molecule has 134 valence electrons. The fraction of sp³-hybridized carbons (Fsp3) is 0.348. The van der Waals surface area contributed by atoms with Gasteiger partial charge < -0.3 is 5.32 Å². The monoisotopic (exact) mass is 337 g/mol. The van der Waals surface area contributed by atoms with Gasteiger partial charge in [-0.2, -0.15) is 0 Å². The number of rotatable bonds is 5. The van der Waals surface area contributed by atoms with Crippen LogP contribution in [0.1, 0.15) is 52.2 Å². The molecule has 0 bridgehead atoms. The molecule has 0 fully saturated rings. The molecule has 0 aliphatic carbocycles. The van der Waals surface area contributed by atoms with Gasteiger partial charge in [0.2, 0.25) is 5.91 Å². The van der Waals surface area contributed by atoms with Crippen LogP contribution in [0, 0.1) is 0 Å². The van der Waals surface area contributed by atoms with Gasteiger partial charge in [0, 0.05) is 12.0 Å². The first kappa shape index (κ1) is 20.7. The van der Waals surface area contributed by atoms with Crippen molar-refractivity contribution in [2.75, 3.05) is 0 Å². The summed E-state index contributed by atoms with van der Waals surface area (Å²) in [6, 6.07) is 20.5. The van der Waals surface area contributed by atoms with E-state index in [0.717, 1.165) is 6.42 Å². The molecule has 0 heterocycles. The van der Waals surface area contributed by atoms with E-state index < -0.39 is 0 Å². The fourth-order valence-corrected chi connectivity index (χ4v) is 2.50. The van der Waals surface area contributed by atoms with Gasteiger partial charge in [-0.15, -0.1) is 0 Å². The summed E-state index contributed by atoms with van der Waals surface area (Å²) in [6.07, 6.45) is 3.57. The summed E-state index contributed by atoms with van der Waals surface area (Å²) >= 11 is 0. The minimum Gasteiger partial charge on any atom is -0.351 e. The number of amides is 1. The maximum atomic E-state index is 11.3. The van der Waals surface area contributed by atoms with Crippen molar-refractivity contribution in [3.05, 3.63) is 77.4 Å². The summed E-state index contributed by atoms with van der Waals surface area (Å²) in [5, 5.41) is 3.02. The van der Waals surface area contributed by atoms with Crippen molar-refractivity contribution in [2.24, 2.45) is 0 Å². The van der Waals surface area contributed by atoms with Crippen LogP contribution in [0.25, 0.3) is 6.08 Å². The van der Waals surface area contributed by atoms with Gasteiger partial charge >= 0.3 is 0 Å². The maximum absolute atomic E-state index is 11.3. The van der Waals surface area contributed by atoms with Gasteiger partial charge in [-0.05, 0) is 45.2 Å². The highest BCUT2D eigenvalue weighted by Crippen LogP contribution is 2.12. The van der Waals surface area contributed by atoms with E-state index in [0.29, 0.717) is 6.42 Å². The lowest BCUT2D eigenvalue weighted by atomic mass is 9.95. The van der Waals surface area contributed by atoms with Crippen LogP contribution in [0.15, 0.2) is 66.2 Å². The molecule has 0 unspecified atom stereocenters. The number of benzene rings is 2. The molecule has 0 radical (unpaired) electrons. The average Bonchev–Trinajstić information content (AvgIpc) is 2.55. The predicted octanol–water partition coefficient (Wildman–Crippen LogP) is 5.64. The lowest BCUT2D eigenvalue weighted by Crippen LogP contribution is -2.44. The second kappa shape index (κ2) is 10.5. The second-order valence-electron chi connectivity index (χ2n) is 7.08. The zero-order valence-electron chi connectivity index (χ0n) is 16.2. The van der Waals surface area contributed by atoms with Gasteiger partial charge in [0.15, 0.2) is 0 Å². The van der Waals surface area contributed by atoms with E-state index in [-0.39, 0.29) is 11.4 Å². The van der Waals surface area contributed by atoms with Crippen LogP contribution >= 0.6 is 0 Å². The average molecular weight is 338 g/mol. The van der Waals surface area contributed by atoms with Gasteiger partial charge in [-0.1, -0.05) is 79.2 Å². The van der Waals surface area contributed by atoms with E-state index >= 15 is 0 Å². The number of carbonyl (C=O) groups is 1. The molecule has 1 amide bonds. The van der Waals surface area contributed by atoms with Crippen LogP contribution in [0.3, 0.4) is 0 Å². The van der Waals surface area contributed by atoms with Gasteiger partial charge in [0.25, 0.3) is 0 Å². The van der Waals surface area contributed by atoms with E-state index in [4.69, 9.17) is 0 Å². The third-order valence-electron chi connectivity index (χ3n) is 3.54. The van der Waals surface area contributed by atoms with E-state index in [1.54, 1.807) is 0 Å². The van der Waals surface area contributed by atoms with Crippen molar-refractivity contribution in [1.29, 1.82) is 0 Å². The Hall–Kier alpha value is -2.35. The van der Waals surface area contributed by atoms with Crippen LogP contribution in [-0.2, 0) is 11.2 Å². The Morgan fingerprint density at radius 3 is 1.96 bits per heavy atom. The van der Waals surface area contributed by atoms with Crippen molar-refractivity contribution in [2.45, 2.75) is 53.0 Å². The standard InChI is InChI=1S/C13H19NO.C10H12/c1-4-12(15)14-13(2,3)10-11-8-6-5-7-9-11;1-9(2)8-10-6-4-3-5-7-10/h5-9H,4,10H2,1-3H3,(H,14,15);3-8H,1-2H3. The fourth-order valence-electron chi connectivity index (χ4n) is 2.50. The Morgan fingerprint density at radius 2 is 1.48 bits per heavy atom. The first-order valence-corrected chi connectivity index (χ1v) is 8.87. The first-order valence-electron chi connectivity index (χ1n) is 8.87. The lowest BCUT2D eigenvalue weighted by Gasteiger charge is -2.26. The predicted molar refractivity (Wildman–Crippen MR) is 108 cm³/mol. The molecule has 0 saturated heterocycles. The van der Waals surface area contributed by atoms with Crippen LogP contribution < -0.4 is 5.32 Å². The first-order chi connectivity index (χ1) is 11.8. The highest BCUT2D eigenvalue weighted by Gasteiger charge is 2.19. The van der Waals surface area contributed by atoms with Crippen molar-refractivity contribution < 1.29 is 4.79 Å². The van der Waals surface area contributed by atoms with Crippen molar-refractivity contribution >= 4 is 12.0 Å². The minimum absolute atomic E-state index is 0.107. The van der Waals surface area contributed by atoms with Crippen LogP contribution in [0.2, 0.25) is 0 Å². The molecule has 0 aromatic heterocycles. The van der Waals surface area contributed by atoms with Crippen LogP contribution in [-0.4, -0.2) is 11.4 Å². The minimum atomic E-state index is -0.172. The molecular formula is C23H31NO. The Morgan fingerprint density at radius 1 is 0.960 bits per heavy atom. The molecular weight excluding hydrogens is 306 g/mol. The lowest BCUT2D eigenvalue weighted by molar-refractivity contribution is -0.122. The summed E-state index contributed by atoms with van der Waals surface area (Å²) in [5.74, 6) is 0.107. The van der Waals surface area contributed by atoms with Crippen molar-refractivity contribution in [1.82, 2.24) is 5.32 Å². The Bertz CT molecular complexity index is 653. The SMILES string of the molecule is CC(C)=Cc1ccccc1.CCC(=O)NC(C)(C)Cc1ccccc1. The largest absolute Gasteiger partial charge is 0.351 e. The third kappa shape index (κ3) is 9.51. The van der Waals surface area contributed by atoms with Gasteiger partial charge in [0.05, 0.1) is 0 Å². The normalized spacial score (nSPS) is 10.3. The second-order valence-corrected chi connectivity index (χ2v) is 7.08. The summed E-state index contributed by atoms with van der Waals surface area (Å²) in [4.78, 5) is 11.3. The summed E-state index contributed by atoms with van der Waals surface area (Å²) < 4.78 is 0. The summed E-state index contributed by atoms with van der Waals surface area (Å²) in [7, 11) is 0. The maximum Gasteiger partial charge on any atom is 0.220 e. The highest BCUT2D eigenvalue weighted by molar-refractivity contribution is 5.76. The topological polar surface area (TPSA) is 29.1 Å². The number of nitrogens with one attached hydrogen (secondary N) is 1. The van der Waals surface area contributed by atoms with Crippen LogP contribution in [0.5, 0.6) is 0 Å². The molecule has 1 N–H and O–H groups in total. The molecule has 0 atom stereocenters. The zero-order valence-corrected chi connectivity index (χ0v) is 16.2. The zero-order chi connectivity index (χ0) is 18.7. The molecule has 0 saturated carbocycles. The number of hydrogen-bond donors (Lipinski definition) is 1. The molecule has 0 aliphatic rings. The van der Waals surface area contributed by atoms with Crippen LogP contribution in [0.4, 0.5) is 0 Å². The van der Waals surface area contributed by atoms with Gasteiger partial charge in [-0.3, -0.25) is 4.79 Å². The molecule has 2 rings (SSSR count). The van der Waals surface area contributed by atoms with Gasteiger partial charge in [-0.25, -0.2) is 0 Å². The Balaban J connectivity index is 0.000000271. The molecule has 0 aliphatic heterocycles.